The van der Waals surface area contributed by atoms with Crippen molar-refractivity contribution in [1.82, 2.24) is 5.32 Å². The zero-order chi connectivity index (χ0) is 12.7. The predicted octanol–water partition coefficient (Wildman–Crippen LogP) is 2.75. The molecule has 0 saturated carbocycles. The van der Waals surface area contributed by atoms with Crippen molar-refractivity contribution >= 4 is 5.91 Å². The lowest BCUT2D eigenvalue weighted by Gasteiger charge is -2.11. The highest BCUT2D eigenvalue weighted by Crippen LogP contribution is 2.17. The van der Waals surface area contributed by atoms with Crippen LogP contribution in [0.4, 0.5) is 0 Å². The van der Waals surface area contributed by atoms with Crippen LogP contribution in [-0.2, 0) is 11.3 Å². The van der Waals surface area contributed by atoms with E-state index in [-0.39, 0.29) is 5.91 Å². The lowest BCUT2D eigenvalue weighted by atomic mass is 10.1. The Kier molecular flexibility index (Phi) is 5.53. The van der Waals surface area contributed by atoms with Gasteiger partial charge in [-0.2, -0.15) is 0 Å². The Morgan fingerprint density at radius 1 is 1.35 bits per heavy atom. The van der Waals surface area contributed by atoms with Gasteiger partial charge in [-0.15, -0.1) is 0 Å². The molecule has 0 aromatic heterocycles. The zero-order valence-electron chi connectivity index (χ0n) is 10.8. The number of benzene rings is 1. The molecule has 1 amide bonds. The maximum absolute atomic E-state index is 11.5. The minimum Gasteiger partial charge on any atom is -0.494 e. The first-order valence-corrected chi connectivity index (χ1v) is 6.10. The standard InChI is InChI=1S/C14H21NO2/c1-4-17-13-8-6-5-7-12(13)10-15-14(16)9-11(2)3/h5-8,11H,4,9-10H2,1-3H3,(H,15,16). The number of carbonyl (C=O) groups excluding carboxylic acids is 1. The number of carbonyl (C=O) groups is 1. The van der Waals surface area contributed by atoms with Gasteiger partial charge in [0.2, 0.25) is 5.91 Å². The van der Waals surface area contributed by atoms with Gasteiger partial charge in [0.1, 0.15) is 5.75 Å². The Hall–Kier alpha value is -1.51. The fraction of sp³-hybridized carbons (Fsp3) is 0.500. The SMILES string of the molecule is CCOc1ccccc1CNC(=O)CC(C)C. The molecule has 0 fully saturated rings. The second kappa shape index (κ2) is 6.94. The van der Waals surface area contributed by atoms with Crippen molar-refractivity contribution in [3.05, 3.63) is 29.8 Å². The van der Waals surface area contributed by atoms with Gasteiger partial charge in [-0.3, -0.25) is 4.79 Å². The highest BCUT2D eigenvalue weighted by molar-refractivity contribution is 5.76. The summed E-state index contributed by atoms with van der Waals surface area (Å²) in [7, 11) is 0. The third-order valence-electron chi connectivity index (χ3n) is 2.34. The second-order valence-corrected chi connectivity index (χ2v) is 4.42. The summed E-state index contributed by atoms with van der Waals surface area (Å²) in [5.74, 6) is 1.32. The summed E-state index contributed by atoms with van der Waals surface area (Å²) in [6, 6.07) is 7.78. The van der Waals surface area contributed by atoms with Gasteiger partial charge in [-0.05, 0) is 18.9 Å². The Labute approximate surface area is 103 Å². The number of ether oxygens (including phenoxy) is 1. The molecule has 0 saturated heterocycles. The van der Waals surface area contributed by atoms with E-state index in [0.717, 1.165) is 11.3 Å². The van der Waals surface area contributed by atoms with Gasteiger partial charge in [0.15, 0.2) is 0 Å². The Morgan fingerprint density at radius 3 is 2.71 bits per heavy atom. The lowest BCUT2D eigenvalue weighted by molar-refractivity contribution is -0.121. The molecule has 1 rings (SSSR count). The van der Waals surface area contributed by atoms with Crippen LogP contribution in [0, 0.1) is 5.92 Å². The topological polar surface area (TPSA) is 38.3 Å². The van der Waals surface area contributed by atoms with E-state index in [1.165, 1.54) is 0 Å². The summed E-state index contributed by atoms with van der Waals surface area (Å²) in [5.41, 5.74) is 1.02. The molecule has 0 bridgehead atoms. The molecule has 0 aliphatic heterocycles. The lowest BCUT2D eigenvalue weighted by Crippen LogP contribution is -2.24. The van der Waals surface area contributed by atoms with Gasteiger partial charge in [0, 0.05) is 18.5 Å². The number of para-hydroxylation sites is 1. The molecule has 0 aliphatic carbocycles. The van der Waals surface area contributed by atoms with Crippen LogP contribution in [0.15, 0.2) is 24.3 Å². The average Bonchev–Trinajstić information content (AvgIpc) is 2.27. The van der Waals surface area contributed by atoms with E-state index >= 15 is 0 Å². The maximum atomic E-state index is 11.5. The molecule has 0 heterocycles. The molecule has 1 aromatic carbocycles. The highest BCUT2D eigenvalue weighted by Gasteiger charge is 2.06. The number of hydrogen-bond donors (Lipinski definition) is 1. The van der Waals surface area contributed by atoms with Crippen LogP contribution in [0.1, 0.15) is 32.8 Å². The van der Waals surface area contributed by atoms with Crippen LogP contribution in [0.25, 0.3) is 0 Å². The van der Waals surface area contributed by atoms with E-state index < -0.39 is 0 Å². The van der Waals surface area contributed by atoms with E-state index in [4.69, 9.17) is 4.74 Å². The molecule has 1 N–H and O–H groups in total. The highest BCUT2D eigenvalue weighted by atomic mass is 16.5. The number of hydrogen-bond acceptors (Lipinski definition) is 2. The molecule has 1 aromatic rings. The Morgan fingerprint density at radius 2 is 2.06 bits per heavy atom. The summed E-state index contributed by atoms with van der Waals surface area (Å²) in [6.45, 7) is 7.19. The summed E-state index contributed by atoms with van der Waals surface area (Å²) in [5, 5.41) is 2.91. The largest absolute Gasteiger partial charge is 0.494 e. The minimum atomic E-state index is 0.0892. The predicted molar refractivity (Wildman–Crippen MR) is 68.9 cm³/mol. The van der Waals surface area contributed by atoms with E-state index in [0.29, 0.717) is 25.5 Å². The molecule has 0 unspecified atom stereocenters. The second-order valence-electron chi connectivity index (χ2n) is 4.42. The van der Waals surface area contributed by atoms with Gasteiger partial charge >= 0.3 is 0 Å². The monoisotopic (exact) mass is 235 g/mol. The molecule has 3 heteroatoms. The fourth-order valence-corrected chi connectivity index (χ4v) is 1.58. The minimum absolute atomic E-state index is 0.0892. The molecular formula is C14H21NO2. The van der Waals surface area contributed by atoms with Crippen LogP contribution in [0.2, 0.25) is 0 Å². The van der Waals surface area contributed by atoms with Crippen molar-refractivity contribution in [1.29, 1.82) is 0 Å². The smallest absolute Gasteiger partial charge is 0.220 e. The summed E-state index contributed by atoms with van der Waals surface area (Å²) in [6.07, 6.45) is 0.566. The number of rotatable bonds is 6. The van der Waals surface area contributed by atoms with Crippen LogP contribution >= 0.6 is 0 Å². The van der Waals surface area contributed by atoms with Crippen molar-refractivity contribution in [2.24, 2.45) is 5.92 Å². The summed E-state index contributed by atoms with van der Waals surface area (Å²) < 4.78 is 5.50. The first-order valence-electron chi connectivity index (χ1n) is 6.10. The average molecular weight is 235 g/mol. The Balaban J connectivity index is 2.53. The van der Waals surface area contributed by atoms with Crippen LogP contribution in [0.5, 0.6) is 5.75 Å². The molecule has 17 heavy (non-hydrogen) atoms. The van der Waals surface area contributed by atoms with Gasteiger partial charge in [0.05, 0.1) is 6.61 Å². The third-order valence-corrected chi connectivity index (χ3v) is 2.34. The molecule has 3 nitrogen and oxygen atoms in total. The van der Waals surface area contributed by atoms with Gasteiger partial charge in [-0.1, -0.05) is 32.0 Å². The summed E-state index contributed by atoms with van der Waals surface area (Å²) in [4.78, 5) is 11.5. The van der Waals surface area contributed by atoms with Crippen LogP contribution < -0.4 is 10.1 Å². The van der Waals surface area contributed by atoms with Crippen molar-refractivity contribution in [2.45, 2.75) is 33.7 Å². The summed E-state index contributed by atoms with van der Waals surface area (Å²) >= 11 is 0. The van der Waals surface area contributed by atoms with Gasteiger partial charge < -0.3 is 10.1 Å². The Bertz CT molecular complexity index is 361. The zero-order valence-corrected chi connectivity index (χ0v) is 10.8. The first kappa shape index (κ1) is 13.6. The molecular weight excluding hydrogens is 214 g/mol. The maximum Gasteiger partial charge on any atom is 0.220 e. The fourth-order valence-electron chi connectivity index (χ4n) is 1.58. The number of amides is 1. The van der Waals surface area contributed by atoms with Crippen LogP contribution in [-0.4, -0.2) is 12.5 Å². The van der Waals surface area contributed by atoms with Crippen molar-refractivity contribution in [3.63, 3.8) is 0 Å². The third kappa shape index (κ3) is 4.89. The molecule has 0 spiro atoms. The van der Waals surface area contributed by atoms with Crippen molar-refractivity contribution in [3.8, 4) is 5.75 Å². The first-order chi connectivity index (χ1) is 8.13. The van der Waals surface area contributed by atoms with Crippen molar-refractivity contribution < 1.29 is 9.53 Å². The molecule has 0 atom stereocenters. The molecule has 94 valence electrons. The molecule has 0 aliphatic rings. The van der Waals surface area contributed by atoms with E-state index in [1.54, 1.807) is 0 Å². The van der Waals surface area contributed by atoms with E-state index in [2.05, 4.69) is 5.32 Å². The quantitative estimate of drug-likeness (QED) is 0.823. The van der Waals surface area contributed by atoms with E-state index in [1.807, 2.05) is 45.0 Å². The van der Waals surface area contributed by atoms with Gasteiger partial charge in [-0.25, -0.2) is 0 Å². The van der Waals surface area contributed by atoms with E-state index in [9.17, 15) is 4.79 Å². The van der Waals surface area contributed by atoms with Crippen LogP contribution in [0.3, 0.4) is 0 Å². The van der Waals surface area contributed by atoms with Crippen molar-refractivity contribution in [2.75, 3.05) is 6.61 Å². The molecule has 0 radical (unpaired) electrons. The normalized spacial score (nSPS) is 10.4. The van der Waals surface area contributed by atoms with Gasteiger partial charge in [0.25, 0.3) is 0 Å². The number of nitrogens with one attached hydrogen (secondary N) is 1.